The van der Waals surface area contributed by atoms with Gasteiger partial charge in [0.2, 0.25) is 5.91 Å². The van der Waals surface area contributed by atoms with Crippen LogP contribution >= 0.6 is 22.9 Å². The fraction of sp³-hybridized carbons (Fsp3) is 0.241. The third-order valence-corrected chi connectivity index (χ3v) is 9.63. The lowest BCUT2D eigenvalue weighted by Crippen LogP contribution is -2.43. The lowest BCUT2D eigenvalue weighted by Gasteiger charge is -2.21. The zero-order valence-corrected chi connectivity index (χ0v) is 24.6. The Morgan fingerprint density at radius 3 is 2.40 bits per heavy atom. The molecule has 6 nitrogen and oxygen atoms in total. The average molecular weight is 655 g/mol. The van der Waals surface area contributed by atoms with Gasteiger partial charge in [-0.1, -0.05) is 54.1 Å². The van der Waals surface area contributed by atoms with Gasteiger partial charge >= 0.3 is 6.18 Å². The normalized spacial score (nSPS) is 17.5. The molecule has 0 radical (unpaired) electrons. The van der Waals surface area contributed by atoms with Crippen LogP contribution in [0.15, 0.2) is 83.1 Å². The number of benzene rings is 2. The number of nitrogens with zero attached hydrogens (tertiary/aromatic N) is 2. The Bertz CT molecular complexity index is 1620. The second kappa shape index (κ2) is 12.7. The van der Waals surface area contributed by atoms with Gasteiger partial charge in [0.25, 0.3) is 5.92 Å². The summed E-state index contributed by atoms with van der Waals surface area (Å²) in [5.74, 6) is -3.56. The van der Waals surface area contributed by atoms with E-state index in [1.165, 1.54) is 24.3 Å². The molecular weight excluding hydrogens is 631 g/mol. The SMILES string of the molecule is O=C(NCc1cc(NCc2ccccc2)nc(-c2ccc(C(F)(F)F)cc2)c1)[C@@H]1CC(F)(F)CN1S(=O)c1ccc(Cl)s1. The Morgan fingerprint density at radius 2 is 1.74 bits per heavy atom. The first kappa shape index (κ1) is 31.0. The summed E-state index contributed by atoms with van der Waals surface area (Å²) in [6.45, 7) is -0.544. The van der Waals surface area contributed by atoms with Crippen LogP contribution in [0.1, 0.15) is 23.1 Å². The van der Waals surface area contributed by atoms with Crippen molar-refractivity contribution in [2.45, 2.75) is 41.9 Å². The number of aromatic nitrogens is 1. The van der Waals surface area contributed by atoms with E-state index in [2.05, 4.69) is 15.6 Å². The molecule has 1 fully saturated rings. The van der Waals surface area contributed by atoms with Crippen molar-refractivity contribution in [3.05, 3.63) is 99.9 Å². The Kier molecular flexibility index (Phi) is 9.16. The number of alkyl halides is 5. The van der Waals surface area contributed by atoms with Gasteiger partial charge in [-0.25, -0.2) is 22.3 Å². The molecule has 226 valence electrons. The van der Waals surface area contributed by atoms with Crippen molar-refractivity contribution in [2.75, 3.05) is 11.9 Å². The van der Waals surface area contributed by atoms with Crippen LogP contribution in [0.2, 0.25) is 4.34 Å². The molecule has 2 atom stereocenters. The maximum Gasteiger partial charge on any atom is 0.416 e. The van der Waals surface area contributed by atoms with Gasteiger partial charge in [-0.05, 0) is 47.5 Å². The third kappa shape index (κ3) is 7.77. The number of halogens is 6. The number of hydrogen-bond donors (Lipinski definition) is 2. The smallest absolute Gasteiger partial charge is 0.366 e. The largest absolute Gasteiger partial charge is 0.416 e. The van der Waals surface area contributed by atoms with E-state index in [-0.39, 0.29) is 10.8 Å². The molecule has 2 aromatic carbocycles. The monoisotopic (exact) mass is 654 g/mol. The minimum absolute atomic E-state index is 0.0949. The number of carbonyl (C=O) groups excluding carboxylic acids is 1. The summed E-state index contributed by atoms with van der Waals surface area (Å²) in [4.78, 5) is 17.7. The van der Waals surface area contributed by atoms with Crippen LogP contribution in [-0.4, -0.2) is 37.9 Å². The first-order chi connectivity index (χ1) is 20.4. The van der Waals surface area contributed by atoms with E-state index in [0.717, 1.165) is 33.3 Å². The molecule has 43 heavy (non-hydrogen) atoms. The van der Waals surface area contributed by atoms with Crippen molar-refractivity contribution >= 4 is 45.6 Å². The lowest BCUT2D eigenvalue weighted by atomic mass is 10.1. The van der Waals surface area contributed by atoms with Crippen molar-refractivity contribution in [2.24, 2.45) is 0 Å². The van der Waals surface area contributed by atoms with Crippen molar-refractivity contribution in [3.8, 4) is 11.3 Å². The zero-order valence-electron chi connectivity index (χ0n) is 22.2. The Labute approximate surface area is 255 Å². The summed E-state index contributed by atoms with van der Waals surface area (Å²) in [6, 6.07) is 18.8. The standard InChI is InChI=1S/C29H24ClF5N4O2S2/c30-24-10-11-26(42-24)43(41)39-17-28(31,32)14-23(39)27(40)37-16-19-12-22(20-6-8-21(9-7-20)29(33,34)35)38-25(13-19)36-15-18-4-2-1-3-5-18/h1-13,23H,14-17H2,(H,36,38)(H,37,40)/t23-,43?/m0/s1. The summed E-state index contributed by atoms with van der Waals surface area (Å²) in [5, 5.41) is 5.84. The fourth-order valence-corrected chi connectivity index (χ4v) is 7.42. The van der Waals surface area contributed by atoms with Crippen LogP contribution in [0.3, 0.4) is 0 Å². The highest BCUT2D eigenvalue weighted by Crippen LogP contribution is 2.37. The van der Waals surface area contributed by atoms with Gasteiger partial charge < -0.3 is 10.6 Å². The fourth-order valence-electron chi connectivity index (χ4n) is 4.55. The Hall–Kier alpha value is -3.39. The second-order valence-corrected chi connectivity index (χ2v) is 13.2. The molecule has 4 aromatic rings. The summed E-state index contributed by atoms with van der Waals surface area (Å²) >= 11 is 6.90. The molecule has 0 spiro atoms. The van der Waals surface area contributed by atoms with Gasteiger partial charge in [0.15, 0.2) is 0 Å². The van der Waals surface area contributed by atoms with Crippen molar-refractivity contribution in [1.82, 2.24) is 14.6 Å². The molecule has 1 saturated heterocycles. The maximum absolute atomic E-state index is 14.4. The first-order valence-corrected chi connectivity index (χ1v) is 15.2. The van der Waals surface area contributed by atoms with Gasteiger partial charge in [-0.2, -0.15) is 13.2 Å². The predicted octanol–water partition coefficient (Wildman–Crippen LogP) is 7.14. The van der Waals surface area contributed by atoms with Crippen LogP contribution in [0.5, 0.6) is 0 Å². The highest BCUT2D eigenvalue weighted by Gasteiger charge is 2.50. The molecule has 1 amide bonds. The number of hydrogen-bond acceptors (Lipinski definition) is 5. The Morgan fingerprint density at radius 1 is 1.02 bits per heavy atom. The molecule has 0 saturated carbocycles. The van der Waals surface area contributed by atoms with Crippen LogP contribution < -0.4 is 10.6 Å². The second-order valence-electron chi connectivity index (χ2n) is 9.84. The zero-order chi connectivity index (χ0) is 30.8. The third-order valence-electron chi connectivity index (χ3n) is 6.64. The summed E-state index contributed by atoms with van der Waals surface area (Å²) in [6.07, 6.45) is -5.30. The minimum Gasteiger partial charge on any atom is -0.366 e. The van der Waals surface area contributed by atoms with E-state index in [9.17, 15) is 31.0 Å². The van der Waals surface area contributed by atoms with Gasteiger partial charge in [-0.15, -0.1) is 11.3 Å². The molecule has 0 aliphatic carbocycles. The maximum atomic E-state index is 14.4. The van der Waals surface area contributed by atoms with Gasteiger partial charge in [0, 0.05) is 25.1 Å². The van der Waals surface area contributed by atoms with Crippen LogP contribution in [0, 0.1) is 0 Å². The quantitative estimate of drug-likeness (QED) is 0.188. The van der Waals surface area contributed by atoms with Crippen LogP contribution in [0.4, 0.5) is 27.8 Å². The number of nitrogens with one attached hydrogen (secondary N) is 2. The van der Waals surface area contributed by atoms with E-state index in [1.54, 1.807) is 12.1 Å². The highest BCUT2D eigenvalue weighted by molar-refractivity contribution is 7.85. The molecule has 1 aliphatic heterocycles. The summed E-state index contributed by atoms with van der Waals surface area (Å²) in [7, 11) is -2.02. The lowest BCUT2D eigenvalue weighted by molar-refractivity contribution is -0.137. The van der Waals surface area contributed by atoms with E-state index in [4.69, 9.17) is 11.6 Å². The van der Waals surface area contributed by atoms with E-state index in [1.807, 2.05) is 30.3 Å². The van der Waals surface area contributed by atoms with Gasteiger partial charge in [0.05, 0.1) is 22.1 Å². The highest BCUT2D eigenvalue weighted by atomic mass is 35.5. The molecule has 1 aliphatic rings. The minimum atomic E-state index is -4.50. The van der Waals surface area contributed by atoms with Gasteiger partial charge in [-0.3, -0.25) is 4.79 Å². The number of pyridine rings is 1. The summed E-state index contributed by atoms with van der Waals surface area (Å²) < 4.78 is 82.7. The number of carbonyl (C=O) groups is 1. The van der Waals surface area contributed by atoms with Crippen LogP contribution in [-0.2, 0) is 35.0 Å². The first-order valence-electron chi connectivity index (χ1n) is 12.9. The number of amides is 1. The molecule has 2 N–H and O–H groups in total. The molecule has 5 rings (SSSR count). The van der Waals surface area contributed by atoms with E-state index >= 15 is 0 Å². The number of rotatable bonds is 9. The van der Waals surface area contributed by atoms with Crippen LogP contribution in [0.25, 0.3) is 11.3 Å². The molecule has 14 heteroatoms. The Balaban J connectivity index is 1.36. The summed E-state index contributed by atoms with van der Waals surface area (Å²) in [5.41, 5.74) is 1.44. The van der Waals surface area contributed by atoms with E-state index in [0.29, 0.717) is 33.5 Å². The van der Waals surface area contributed by atoms with Crippen molar-refractivity contribution in [1.29, 1.82) is 0 Å². The molecule has 1 unspecified atom stereocenters. The molecular formula is C29H24ClF5N4O2S2. The predicted molar refractivity (Wildman–Crippen MR) is 156 cm³/mol. The van der Waals surface area contributed by atoms with Crippen molar-refractivity contribution in [3.63, 3.8) is 0 Å². The van der Waals surface area contributed by atoms with Gasteiger partial charge in [0.1, 0.15) is 27.1 Å². The topological polar surface area (TPSA) is 74.3 Å². The number of anilines is 1. The molecule has 2 aromatic heterocycles. The number of thiophene rings is 1. The molecule has 3 heterocycles. The van der Waals surface area contributed by atoms with Crippen molar-refractivity contribution < 1.29 is 31.0 Å². The molecule has 0 bridgehead atoms. The average Bonchev–Trinajstić information content (AvgIpc) is 3.56. The van der Waals surface area contributed by atoms with E-state index < -0.39 is 53.6 Å².